The maximum atomic E-state index is 11.2. The Morgan fingerprint density at radius 1 is 1.58 bits per heavy atom. The van der Waals surface area contributed by atoms with Gasteiger partial charge in [-0.25, -0.2) is 4.68 Å². The van der Waals surface area contributed by atoms with Crippen molar-refractivity contribution < 1.29 is 14.3 Å². The van der Waals surface area contributed by atoms with Gasteiger partial charge in [-0.3, -0.25) is 4.79 Å². The molecule has 1 N–H and O–H groups in total. The molecule has 2 aromatic rings. The molecule has 0 atom stereocenters. The zero-order chi connectivity index (χ0) is 13.5. The van der Waals surface area contributed by atoms with Crippen LogP contribution in [0.1, 0.15) is 25.5 Å². The highest BCUT2D eigenvalue weighted by Crippen LogP contribution is 2.47. The van der Waals surface area contributed by atoms with E-state index in [0.29, 0.717) is 25.2 Å². The van der Waals surface area contributed by atoms with Crippen molar-refractivity contribution in [3.05, 3.63) is 18.1 Å². The van der Waals surface area contributed by atoms with E-state index in [9.17, 15) is 9.90 Å². The van der Waals surface area contributed by atoms with Crippen molar-refractivity contribution in [1.29, 1.82) is 0 Å². The van der Waals surface area contributed by atoms with E-state index in [1.54, 1.807) is 17.0 Å². The topological polar surface area (TPSA) is 94.0 Å². The van der Waals surface area contributed by atoms with Crippen LogP contribution in [0.4, 0.5) is 0 Å². The molecule has 7 nitrogen and oxygen atoms in total. The van der Waals surface area contributed by atoms with Gasteiger partial charge in [-0.2, -0.15) is 0 Å². The Balaban J connectivity index is 1.93. The van der Waals surface area contributed by atoms with E-state index in [1.165, 1.54) is 0 Å². The second-order valence-corrected chi connectivity index (χ2v) is 4.86. The van der Waals surface area contributed by atoms with E-state index in [2.05, 4.69) is 15.5 Å². The van der Waals surface area contributed by atoms with Gasteiger partial charge in [0.25, 0.3) is 0 Å². The van der Waals surface area contributed by atoms with Gasteiger partial charge in [0.2, 0.25) is 0 Å². The number of rotatable bonds is 5. The molecule has 2 aromatic heterocycles. The minimum Gasteiger partial charge on any atom is -0.481 e. The third-order valence-electron chi connectivity index (χ3n) is 3.60. The van der Waals surface area contributed by atoms with E-state index in [0.717, 1.165) is 17.7 Å². The number of aromatic nitrogens is 4. The standard InChI is InChI=1S/C12H14N4O3/c1-2-9-8(3-6-19-9)10-13-14-15-16(10)7-12(4-5-12)11(17)18/h3,6H,2,4-5,7H2,1H3,(H,17,18). The Kier molecular flexibility index (Phi) is 2.62. The highest BCUT2D eigenvalue weighted by molar-refractivity contribution is 5.77. The number of furan rings is 1. The molecule has 0 unspecified atom stereocenters. The molecule has 0 spiro atoms. The molecule has 0 radical (unpaired) electrons. The fraction of sp³-hybridized carbons (Fsp3) is 0.500. The molecule has 1 saturated carbocycles. The first-order chi connectivity index (χ1) is 9.16. The third-order valence-corrected chi connectivity index (χ3v) is 3.60. The van der Waals surface area contributed by atoms with Gasteiger partial charge in [0.05, 0.1) is 23.8 Å². The van der Waals surface area contributed by atoms with E-state index < -0.39 is 11.4 Å². The highest BCUT2D eigenvalue weighted by Gasteiger charge is 2.51. The van der Waals surface area contributed by atoms with Crippen molar-refractivity contribution in [2.75, 3.05) is 0 Å². The van der Waals surface area contributed by atoms with Crippen LogP contribution in [0, 0.1) is 5.41 Å². The summed E-state index contributed by atoms with van der Waals surface area (Å²) in [5.74, 6) is 0.589. The SMILES string of the molecule is CCc1occc1-c1nnnn1CC1(C(=O)O)CC1. The van der Waals surface area contributed by atoms with Gasteiger partial charge in [-0.1, -0.05) is 6.92 Å². The Morgan fingerprint density at radius 3 is 3.00 bits per heavy atom. The molecule has 2 heterocycles. The quantitative estimate of drug-likeness (QED) is 0.874. The predicted octanol–water partition coefficient (Wildman–Crippen LogP) is 1.36. The van der Waals surface area contributed by atoms with Crippen molar-refractivity contribution in [2.24, 2.45) is 5.41 Å². The number of hydrogen-bond acceptors (Lipinski definition) is 5. The predicted molar refractivity (Wildman–Crippen MR) is 64.2 cm³/mol. The summed E-state index contributed by atoms with van der Waals surface area (Å²) in [4.78, 5) is 11.2. The second kappa shape index (κ2) is 4.18. The van der Waals surface area contributed by atoms with Crippen LogP contribution >= 0.6 is 0 Å². The molecular formula is C12H14N4O3. The molecule has 1 aliphatic carbocycles. The Morgan fingerprint density at radius 2 is 2.37 bits per heavy atom. The summed E-state index contributed by atoms with van der Waals surface area (Å²) < 4.78 is 6.92. The number of carboxylic acid groups (broad SMARTS) is 1. The summed E-state index contributed by atoms with van der Waals surface area (Å²) in [7, 11) is 0. The molecule has 0 aliphatic heterocycles. The Hall–Kier alpha value is -2.18. The highest BCUT2D eigenvalue weighted by atomic mass is 16.4. The van der Waals surface area contributed by atoms with Crippen LogP contribution in [0.3, 0.4) is 0 Å². The normalized spacial score (nSPS) is 16.5. The minimum atomic E-state index is -0.781. The maximum absolute atomic E-state index is 11.2. The molecule has 0 aromatic carbocycles. The number of aryl methyl sites for hydroxylation is 1. The van der Waals surface area contributed by atoms with Crippen molar-refractivity contribution >= 4 is 5.97 Å². The maximum Gasteiger partial charge on any atom is 0.311 e. The number of tetrazole rings is 1. The van der Waals surface area contributed by atoms with Gasteiger partial charge in [-0.15, -0.1) is 5.10 Å². The minimum absolute atomic E-state index is 0.305. The molecular weight excluding hydrogens is 248 g/mol. The average molecular weight is 262 g/mol. The molecule has 0 amide bonds. The molecule has 0 bridgehead atoms. The lowest BCUT2D eigenvalue weighted by Gasteiger charge is -2.10. The number of carboxylic acids is 1. The lowest BCUT2D eigenvalue weighted by Crippen LogP contribution is -2.22. The first-order valence-electron chi connectivity index (χ1n) is 6.22. The van der Waals surface area contributed by atoms with Gasteiger partial charge in [-0.05, 0) is 29.3 Å². The zero-order valence-corrected chi connectivity index (χ0v) is 10.5. The van der Waals surface area contributed by atoms with Crippen molar-refractivity contribution in [2.45, 2.75) is 32.7 Å². The lowest BCUT2D eigenvalue weighted by molar-refractivity contribution is -0.144. The smallest absolute Gasteiger partial charge is 0.311 e. The van der Waals surface area contributed by atoms with Gasteiger partial charge >= 0.3 is 5.97 Å². The number of nitrogens with zero attached hydrogens (tertiary/aromatic N) is 4. The lowest BCUT2D eigenvalue weighted by atomic mass is 10.1. The van der Waals surface area contributed by atoms with E-state index in [-0.39, 0.29) is 0 Å². The van der Waals surface area contributed by atoms with E-state index >= 15 is 0 Å². The number of hydrogen-bond donors (Lipinski definition) is 1. The fourth-order valence-electron chi connectivity index (χ4n) is 2.19. The molecule has 0 saturated heterocycles. The molecule has 7 heteroatoms. The van der Waals surface area contributed by atoms with Crippen LogP contribution < -0.4 is 0 Å². The summed E-state index contributed by atoms with van der Waals surface area (Å²) in [6, 6.07) is 1.81. The monoisotopic (exact) mass is 262 g/mol. The summed E-state index contributed by atoms with van der Waals surface area (Å²) in [6.07, 6.45) is 3.68. The van der Waals surface area contributed by atoms with E-state index in [4.69, 9.17) is 4.42 Å². The first-order valence-corrected chi connectivity index (χ1v) is 6.22. The van der Waals surface area contributed by atoms with Crippen LogP contribution in [-0.4, -0.2) is 31.3 Å². The van der Waals surface area contributed by atoms with Gasteiger partial charge in [0.15, 0.2) is 5.82 Å². The van der Waals surface area contributed by atoms with Crippen LogP contribution in [0.5, 0.6) is 0 Å². The summed E-state index contributed by atoms with van der Waals surface area (Å²) >= 11 is 0. The van der Waals surface area contributed by atoms with Crippen LogP contribution in [-0.2, 0) is 17.8 Å². The number of carbonyl (C=O) groups is 1. The van der Waals surface area contributed by atoms with Crippen molar-refractivity contribution in [3.8, 4) is 11.4 Å². The van der Waals surface area contributed by atoms with Gasteiger partial charge in [0.1, 0.15) is 5.76 Å². The molecule has 3 rings (SSSR count). The van der Waals surface area contributed by atoms with Crippen LogP contribution in [0.25, 0.3) is 11.4 Å². The van der Waals surface area contributed by atoms with Crippen molar-refractivity contribution in [1.82, 2.24) is 20.2 Å². The van der Waals surface area contributed by atoms with E-state index in [1.807, 2.05) is 6.92 Å². The van der Waals surface area contributed by atoms with Crippen LogP contribution in [0.15, 0.2) is 16.7 Å². The summed E-state index contributed by atoms with van der Waals surface area (Å²) in [5.41, 5.74) is 0.133. The average Bonchev–Trinajstić information content (AvgIpc) is 2.84. The van der Waals surface area contributed by atoms with Crippen molar-refractivity contribution in [3.63, 3.8) is 0 Å². The van der Waals surface area contributed by atoms with Gasteiger partial charge < -0.3 is 9.52 Å². The molecule has 1 fully saturated rings. The Bertz CT molecular complexity index is 612. The fourth-order valence-corrected chi connectivity index (χ4v) is 2.19. The largest absolute Gasteiger partial charge is 0.481 e. The number of aliphatic carboxylic acids is 1. The Labute approximate surface area is 109 Å². The molecule has 1 aliphatic rings. The first kappa shape index (κ1) is 11.9. The molecule has 19 heavy (non-hydrogen) atoms. The summed E-state index contributed by atoms with van der Waals surface area (Å²) in [6.45, 7) is 2.29. The second-order valence-electron chi connectivity index (χ2n) is 4.86. The van der Waals surface area contributed by atoms with Crippen LogP contribution in [0.2, 0.25) is 0 Å². The molecule has 100 valence electrons. The zero-order valence-electron chi connectivity index (χ0n) is 10.5. The third kappa shape index (κ3) is 1.91. The van der Waals surface area contributed by atoms with Gasteiger partial charge in [0, 0.05) is 6.42 Å². The summed E-state index contributed by atoms with van der Waals surface area (Å²) in [5, 5.41) is 20.8.